The maximum Gasteiger partial charge on any atom is 0.0601 e. The van der Waals surface area contributed by atoms with Gasteiger partial charge in [0, 0.05) is 11.8 Å². The van der Waals surface area contributed by atoms with E-state index >= 15 is 0 Å². The van der Waals surface area contributed by atoms with Gasteiger partial charge in [0.2, 0.25) is 0 Å². The van der Waals surface area contributed by atoms with E-state index in [2.05, 4.69) is 72.8 Å². The van der Waals surface area contributed by atoms with Crippen molar-refractivity contribution >= 4 is 22.4 Å². The van der Waals surface area contributed by atoms with Gasteiger partial charge in [-0.05, 0) is 50.7 Å². The summed E-state index contributed by atoms with van der Waals surface area (Å²) in [6.07, 6.45) is 4.28. The van der Waals surface area contributed by atoms with Gasteiger partial charge < -0.3 is 0 Å². The third-order valence-corrected chi connectivity index (χ3v) is 5.55. The largest absolute Gasteiger partial charge is 0.260 e. The molecule has 1 nitrogen and oxygen atoms in total. The molecule has 1 heteroatoms. The van der Waals surface area contributed by atoms with Crippen molar-refractivity contribution < 1.29 is 0 Å². The molecule has 0 amide bonds. The Morgan fingerprint density at radius 2 is 1.60 bits per heavy atom. The molecule has 0 N–H and O–H groups in total. The first-order chi connectivity index (χ1) is 12.4. The Morgan fingerprint density at radius 3 is 2.60 bits per heavy atom. The second kappa shape index (κ2) is 4.67. The number of rotatable bonds is 0. The van der Waals surface area contributed by atoms with E-state index in [1.165, 1.54) is 49.9 Å². The van der Waals surface area contributed by atoms with E-state index in [4.69, 9.17) is 4.98 Å². The zero-order valence-corrected chi connectivity index (χ0v) is 13.6. The van der Waals surface area contributed by atoms with Crippen molar-refractivity contribution in [1.29, 1.82) is 0 Å². The fourth-order valence-electron chi connectivity index (χ4n) is 4.52. The van der Waals surface area contributed by atoms with Crippen molar-refractivity contribution in [2.24, 2.45) is 0 Å². The van der Waals surface area contributed by atoms with Gasteiger partial charge in [-0.25, -0.2) is 0 Å². The quantitative estimate of drug-likeness (QED) is 0.393. The van der Waals surface area contributed by atoms with E-state index in [-0.39, 0.29) is 5.92 Å². The highest BCUT2D eigenvalue weighted by atomic mass is 14.7. The molecule has 4 aromatic rings. The van der Waals surface area contributed by atoms with E-state index in [1.807, 2.05) is 12.3 Å². The van der Waals surface area contributed by atoms with Gasteiger partial charge in [0.1, 0.15) is 0 Å². The summed E-state index contributed by atoms with van der Waals surface area (Å²) in [5, 5.41) is 2.63. The highest BCUT2D eigenvalue weighted by Crippen LogP contribution is 2.54. The summed E-state index contributed by atoms with van der Waals surface area (Å²) in [5.41, 5.74) is 9.20. The number of benzene rings is 3. The number of fused-ring (bicyclic) bond motifs is 10. The standard InChI is InChI=1S/C24H15N/c1-3-8-17-15(6-1)11-12-19-20-10-5-13-25-24(20)23-18-9-4-2-7-16(18)14-21(23)22(17)19/h1-14,23H. The molecule has 0 saturated carbocycles. The Morgan fingerprint density at radius 1 is 0.720 bits per heavy atom. The summed E-state index contributed by atoms with van der Waals surface area (Å²) in [5.74, 6) is 0.241. The van der Waals surface area contributed by atoms with Crippen LogP contribution >= 0.6 is 0 Å². The van der Waals surface area contributed by atoms with Crippen LogP contribution < -0.4 is 0 Å². The first kappa shape index (κ1) is 13.1. The molecule has 1 heterocycles. The van der Waals surface area contributed by atoms with E-state index in [0.717, 1.165) is 0 Å². The minimum Gasteiger partial charge on any atom is -0.260 e. The molecule has 3 aromatic carbocycles. The number of aromatic nitrogens is 1. The van der Waals surface area contributed by atoms with Crippen molar-refractivity contribution in [3.05, 3.63) is 101 Å². The lowest BCUT2D eigenvalue weighted by molar-refractivity contribution is 0.979. The first-order valence-corrected chi connectivity index (χ1v) is 8.70. The van der Waals surface area contributed by atoms with Crippen LogP contribution in [0.2, 0.25) is 0 Å². The summed E-state index contributed by atoms with van der Waals surface area (Å²) in [4.78, 5) is 4.80. The van der Waals surface area contributed by atoms with E-state index in [1.54, 1.807) is 0 Å². The molecular formula is C24H15N. The molecule has 0 radical (unpaired) electrons. The maximum atomic E-state index is 4.80. The predicted octanol–water partition coefficient (Wildman–Crippen LogP) is 5.90. The average molecular weight is 317 g/mol. The van der Waals surface area contributed by atoms with Crippen molar-refractivity contribution in [2.75, 3.05) is 0 Å². The number of pyridine rings is 1. The third-order valence-electron chi connectivity index (χ3n) is 5.55. The second-order valence-electron chi connectivity index (χ2n) is 6.81. The average Bonchev–Trinajstić information content (AvgIpc) is 3.07. The second-order valence-corrected chi connectivity index (χ2v) is 6.81. The molecular weight excluding hydrogens is 302 g/mol. The summed E-state index contributed by atoms with van der Waals surface area (Å²) in [6, 6.07) is 26.2. The van der Waals surface area contributed by atoms with Gasteiger partial charge in [-0.2, -0.15) is 0 Å². The van der Waals surface area contributed by atoms with Crippen LogP contribution in [0.15, 0.2) is 79.0 Å². The summed E-state index contributed by atoms with van der Waals surface area (Å²) < 4.78 is 0. The van der Waals surface area contributed by atoms with Crippen LogP contribution in [0.25, 0.3) is 33.5 Å². The van der Waals surface area contributed by atoms with Crippen molar-refractivity contribution in [3.63, 3.8) is 0 Å². The molecule has 0 bridgehead atoms. The van der Waals surface area contributed by atoms with Crippen LogP contribution in [0.5, 0.6) is 0 Å². The lowest BCUT2D eigenvalue weighted by Gasteiger charge is -2.28. The van der Waals surface area contributed by atoms with Gasteiger partial charge >= 0.3 is 0 Å². The smallest absolute Gasteiger partial charge is 0.0601 e. The molecule has 2 aliphatic carbocycles. The molecule has 1 aromatic heterocycles. The fraction of sp³-hybridized carbons (Fsp3) is 0.0417. The van der Waals surface area contributed by atoms with Crippen LogP contribution in [0, 0.1) is 0 Å². The Balaban J connectivity index is 1.80. The molecule has 0 saturated heterocycles. The van der Waals surface area contributed by atoms with E-state index in [9.17, 15) is 0 Å². The Bertz CT molecular complexity index is 1200. The van der Waals surface area contributed by atoms with Gasteiger partial charge in [0.05, 0.1) is 11.6 Å². The normalized spacial score (nSPS) is 16.6. The molecule has 2 aliphatic rings. The van der Waals surface area contributed by atoms with Crippen molar-refractivity contribution in [2.45, 2.75) is 5.92 Å². The van der Waals surface area contributed by atoms with Crippen LogP contribution in [0.3, 0.4) is 0 Å². The highest BCUT2D eigenvalue weighted by Gasteiger charge is 2.36. The molecule has 116 valence electrons. The summed E-state index contributed by atoms with van der Waals surface area (Å²) in [6.45, 7) is 0. The monoisotopic (exact) mass is 317 g/mol. The van der Waals surface area contributed by atoms with Gasteiger partial charge in [0.25, 0.3) is 0 Å². The zero-order valence-electron chi connectivity index (χ0n) is 13.6. The number of nitrogens with zero attached hydrogens (tertiary/aromatic N) is 1. The number of hydrogen-bond acceptors (Lipinski definition) is 1. The molecule has 0 fully saturated rings. The number of hydrogen-bond donors (Lipinski definition) is 0. The lowest BCUT2D eigenvalue weighted by atomic mass is 9.76. The van der Waals surface area contributed by atoms with Gasteiger partial charge in [-0.3, -0.25) is 4.98 Å². The Hall–Kier alpha value is -3.19. The molecule has 25 heavy (non-hydrogen) atoms. The Labute approximate surface area is 146 Å². The summed E-state index contributed by atoms with van der Waals surface area (Å²) in [7, 11) is 0. The molecule has 0 aliphatic heterocycles. The maximum absolute atomic E-state index is 4.80. The minimum atomic E-state index is 0.241. The van der Waals surface area contributed by atoms with E-state index < -0.39 is 0 Å². The van der Waals surface area contributed by atoms with Gasteiger partial charge in [-0.1, -0.05) is 66.7 Å². The van der Waals surface area contributed by atoms with E-state index in [0.29, 0.717) is 0 Å². The van der Waals surface area contributed by atoms with Crippen LogP contribution in [0.1, 0.15) is 28.3 Å². The summed E-state index contributed by atoms with van der Waals surface area (Å²) >= 11 is 0. The topological polar surface area (TPSA) is 12.9 Å². The first-order valence-electron chi connectivity index (χ1n) is 8.70. The highest BCUT2D eigenvalue weighted by molar-refractivity contribution is 6.10. The molecule has 1 unspecified atom stereocenters. The van der Waals surface area contributed by atoms with Gasteiger partial charge in [0.15, 0.2) is 0 Å². The van der Waals surface area contributed by atoms with Crippen molar-refractivity contribution in [3.8, 4) is 11.1 Å². The van der Waals surface area contributed by atoms with Crippen LogP contribution in [-0.4, -0.2) is 4.98 Å². The van der Waals surface area contributed by atoms with Crippen LogP contribution in [-0.2, 0) is 0 Å². The number of allylic oxidation sites excluding steroid dienone is 1. The third kappa shape index (κ3) is 1.65. The SMILES string of the molecule is C1=C2c3c(ccc4ccccc34)-c3cccnc3C2c2ccccc21. The molecule has 6 rings (SSSR count). The van der Waals surface area contributed by atoms with Crippen LogP contribution in [0.4, 0.5) is 0 Å². The Kier molecular flexibility index (Phi) is 2.46. The van der Waals surface area contributed by atoms with Gasteiger partial charge in [-0.15, -0.1) is 0 Å². The minimum absolute atomic E-state index is 0.241. The molecule has 0 spiro atoms. The van der Waals surface area contributed by atoms with Crippen molar-refractivity contribution in [1.82, 2.24) is 4.98 Å². The zero-order chi connectivity index (χ0) is 16.4. The predicted molar refractivity (Wildman–Crippen MR) is 103 cm³/mol. The lowest BCUT2D eigenvalue weighted by Crippen LogP contribution is -2.11. The molecule has 1 atom stereocenters. The fourth-order valence-corrected chi connectivity index (χ4v) is 4.52.